The van der Waals surface area contributed by atoms with Crippen molar-refractivity contribution in [1.29, 1.82) is 0 Å². The van der Waals surface area contributed by atoms with E-state index in [9.17, 15) is 14.4 Å². The molecule has 34 heavy (non-hydrogen) atoms. The summed E-state index contributed by atoms with van der Waals surface area (Å²) < 4.78 is 10.8. The van der Waals surface area contributed by atoms with Crippen LogP contribution in [-0.4, -0.2) is 66.4 Å². The molecule has 2 aliphatic rings. The average Bonchev–Trinajstić information content (AvgIpc) is 3.09. The van der Waals surface area contributed by atoms with E-state index in [1.54, 1.807) is 4.90 Å². The van der Waals surface area contributed by atoms with Gasteiger partial charge in [-0.3, -0.25) is 4.79 Å². The number of benzene rings is 2. The minimum atomic E-state index is -1.04. The fourth-order valence-electron chi connectivity index (χ4n) is 4.61. The Morgan fingerprint density at radius 3 is 2.18 bits per heavy atom. The van der Waals surface area contributed by atoms with Crippen LogP contribution >= 0.6 is 0 Å². The molecule has 0 saturated carbocycles. The molecule has 0 bridgehead atoms. The minimum Gasteiger partial charge on any atom is -0.480 e. The van der Waals surface area contributed by atoms with E-state index in [4.69, 9.17) is 14.6 Å². The van der Waals surface area contributed by atoms with Crippen LogP contribution in [0.3, 0.4) is 0 Å². The lowest BCUT2D eigenvalue weighted by Gasteiger charge is -2.40. The van der Waals surface area contributed by atoms with Gasteiger partial charge >= 0.3 is 12.1 Å². The van der Waals surface area contributed by atoms with Crippen molar-refractivity contribution in [2.75, 3.05) is 26.3 Å². The molecule has 180 valence electrons. The Morgan fingerprint density at radius 2 is 1.62 bits per heavy atom. The van der Waals surface area contributed by atoms with Gasteiger partial charge in [0, 0.05) is 19.0 Å². The molecule has 8 heteroatoms. The molecule has 0 aromatic heterocycles. The number of nitrogens with one attached hydrogen (secondary N) is 1. The van der Waals surface area contributed by atoms with Crippen molar-refractivity contribution in [3.8, 4) is 11.1 Å². The number of aliphatic carboxylic acids is 1. The van der Waals surface area contributed by atoms with Gasteiger partial charge in [-0.2, -0.15) is 0 Å². The standard InChI is InChI=1S/C26H30N2O6/c1-16(2)11-23(25(31)28-12-17(13-28)33-15-24(29)30)27-26(32)34-14-22-20-9-5-3-7-18(20)19-8-4-6-10-21(19)22/h3-10,16-17,22-23H,11-15H2,1-2H3,(H,27,32)(H,29,30). The number of hydrogen-bond donors (Lipinski definition) is 2. The van der Waals surface area contributed by atoms with Gasteiger partial charge in [0.1, 0.15) is 19.3 Å². The molecule has 8 nitrogen and oxygen atoms in total. The number of alkyl carbamates (subject to hydrolysis) is 1. The molecule has 1 fully saturated rings. The third-order valence-corrected chi connectivity index (χ3v) is 6.24. The first-order valence-corrected chi connectivity index (χ1v) is 11.6. The quantitative estimate of drug-likeness (QED) is 0.588. The first-order chi connectivity index (χ1) is 16.3. The molecule has 2 aromatic carbocycles. The van der Waals surface area contributed by atoms with Gasteiger partial charge in [-0.05, 0) is 34.6 Å². The van der Waals surface area contributed by atoms with Crippen molar-refractivity contribution in [2.24, 2.45) is 5.92 Å². The predicted octanol–water partition coefficient (Wildman–Crippen LogP) is 3.25. The third-order valence-electron chi connectivity index (χ3n) is 6.24. The lowest BCUT2D eigenvalue weighted by Crippen LogP contribution is -2.60. The Balaban J connectivity index is 1.35. The summed E-state index contributed by atoms with van der Waals surface area (Å²) >= 11 is 0. The summed E-state index contributed by atoms with van der Waals surface area (Å²) in [7, 11) is 0. The van der Waals surface area contributed by atoms with Crippen molar-refractivity contribution < 1.29 is 29.0 Å². The second-order valence-corrected chi connectivity index (χ2v) is 9.22. The first-order valence-electron chi connectivity index (χ1n) is 11.6. The number of carbonyl (C=O) groups excluding carboxylic acids is 2. The molecule has 1 aliphatic carbocycles. The van der Waals surface area contributed by atoms with Crippen LogP contribution in [0.2, 0.25) is 0 Å². The molecule has 2 amide bonds. The van der Waals surface area contributed by atoms with Crippen LogP contribution in [0, 0.1) is 5.92 Å². The summed E-state index contributed by atoms with van der Waals surface area (Å²) in [4.78, 5) is 37.9. The molecular formula is C26H30N2O6. The van der Waals surface area contributed by atoms with Crippen molar-refractivity contribution in [1.82, 2.24) is 10.2 Å². The van der Waals surface area contributed by atoms with Gasteiger partial charge in [-0.25, -0.2) is 9.59 Å². The highest BCUT2D eigenvalue weighted by Crippen LogP contribution is 2.44. The number of carbonyl (C=O) groups is 3. The van der Waals surface area contributed by atoms with Gasteiger partial charge in [-0.1, -0.05) is 62.4 Å². The highest BCUT2D eigenvalue weighted by Gasteiger charge is 2.37. The predicted molar refractivity (Wildman–Crippen MR) is 125 cm³/mol. The Morgan fingerprint density at radius 1 is 1.03 bits per heavy atom. The van der Waals surface area contributed by atoms with E-state index in [0.29, 0.717) is 19.5 Å². The number of carboxylic acid groups (broad SMARTS) is 1. The monoisotopic (exact) mass is 466 g/mol. The van der Waals surface area contributed by atoms with Crippen LogP contribution in [-0.2, 0) is 19.1 Å². The fraction of sp³-hybridized carbons (Fsp3) is 0.423. The summed E-state index contributed by atoms with van der Waals surface area (Å²) in [5.74, 6) is -1.13. The zero-order valence-electron chi connectivity index (χ0n) is 19.4. The average molecular weight is 467 g/mol. The summed E-state index contributed by atoms with van der Waals surface area (Å²) in [6.07, 6.45) is -0.450. The highest BCUT2D eigenvalue weighted by molar-refractivity contribution is 5.86. The van der Waals surface area contributed by atoms with Gasteiger partial charge < -0.3 is 24.8 Å². The largest absolute Gasteiger partial charge is 0.480 e. The maximum Gasteiger partial charge on any atom is 0.407 e. The molecule has 1 aliphatic heterocycles. The third kappa shape index (κ3) is 5.22. The Labute approximate surface area is 198 Å². The molecule has 4 rings (SSSR count). The molecule has 0 radical (unpaired) electrons. The van der Waals surface area contributed by atoms with Crippen LogP contribution < -0.4 is 5.32 Å². The Bertz CT molecular complexity index is 1020. The van der Waals surface area contributed by atoms with E-state index < -0.39 is 18.1 Å². The first kappa shape index (κ1) is 23.8. The van der Waals surface area contributed by atoms with Gasteiger partial charge in [0.15, 0.2) is 0 Å². The normalized spacial score (nSPS) is 15.9. The second-order valence-electron chi connectivity index (χ2n) is 9.22. The topological polar surface area (TPSA) is 105 Å². The molecule has 1 unspecified atom stereocenters. The van der Waals surface area contributed by atoms with Gasteiger partial charge in [-0.15, -0.1) is 0 Å². The van der Waals surface area contributed by atoms with Gasteiger partial charge in [0.2, 0.25) is 5.91 Å². The van der Waals surface area contributed by atoms with Crippen LogP contribution in [0.5, 0.6) is 0 Å². The number of carboxylic acids is 1. The SMILES string of the molecule is CC(C)CC(NC(=O)OCC1c2ccccc2-c2ccccc21)C(=O)N1CC(OCC(=O)O)C1. The van der Waals surface area contributed by atoms with E-state index in [-0.39, 0.29) is 37.1 Å². The number of ether oxygens (including phenoxy) is 2. The van der Waals surface area contributed by atoms with E-state index in [2.05, 4.69) is 29.6 Å². The van der Waals surface area contributed by atoms with E-state index in [1.807, 2.05) is 38.1 Å². The summed E-state index contributed by atoms with van der Waals surface area (Å²) in [6.45, 7) is 4.38. The fourth-order valence-corrected chi connectivity index (χ4v) is 4.61. The van der Waals surface area contributed by atoms with Crippen LogP contribution in [0.25, 0.3) is 11.1 Å². The van der Waals surface area contributed by atoms with Crippen LogP contribution in [0.4, 0.5) is 4.79 Å². The zero-order chi connectivity index (χ0) is 24.2. The van der Waals surface area contributed by atoms with E-state index in [1.165, 1.54) is 0 Å². The molecular weight excluding hydrogens is 436 g/mol. The minimum absolute atomic E-state index is 0.0556. The molecule has 1 saturated heterocycles. The maximum atomic E-state index is 13.0. The van der Waals surface area contributed by atoms with Gasteiger partial charge in [0.25, 0.3) is 0 Å². The van der Waals surface area contributed by atoms with Crippen molar-refractivity contribution >= 4 is 18.0 Å². The number of fused-ring (bicyclic) bond motifs is 3. The maximum absolute atomic E-state index is 13.0. The van der Waals surface area contributed by atoms with Crippen molar-refractivity contribution in [3.63, 3.8) is 0 Å². The number of likely N-dealkylation sites (tertiary alicyclic amines) is 1. The smallest absolute Gasteiger partial charge is 0.407 e. The van der Waals surface area contributed by atoms with Crippen LogP contribution in [0.1, 0.15) is 37.3 Å². The van der Waals surface area contributed by atoms with E-state index in [0.717, 1.165) is 22.3 Å². The number of rotatable bonds is 9. The summed E-state index contributed by atoms with van der Waals surface area (Å²) in [5.41, 5.74) is 4.55. The Kier molecular flexibility index (Phi) is 7.17. The number of amides is 2. The molecule has 1 heterocycles. The zero-order valence-corrected chi connectivity index (χ0v) is 19.4. The summed E-state index contributed by atoms with van der Waals surface area (Å²) in [6, 6.07) is 15.5. The van der Waals surface area contributed by atoms with Crippen molar-refractivity contribution in [2.45, 2.75) is 38.3 Å². The molecule has 0 spiro atoms. The van der Waals surface area contributed by atoms with Crippen molar-refractivity contribution in [3.05, 3.63) is 59.7 Å². The van der Waals surface area contributed by atoms with E-state index >= 15 is 0 Å². The molecule has 1 atom stereocenters. The van der Waals surface area contributed by atoms with Crippen LogP contribution in [0.15, 0.2) is 48.5 Å². The Hall–Kier alpha value is -3.39. The van der Waals surface area contributed by atoms with Gasteiger partial charge in [0.05, 0.1) is 6.10 Å². The molecule has 2 aromatic rings. The lowest BCUT2D eigenvalue weighted by atomic mass is 9.98. The highest BCUT2D eigenvalue weighted by atomic mass is 16.5. The number of hydrogen-bond acceptors (Lipinski definition) is 5. The second kappa shape index (κ2) is 10.3. The molecule has 2 N–H and O–H groups in total. The lowest BCUT2D eigenvalue weighted by molar-refractivity contribution is -0.155. The number of nitrogens with zero attached hydrogens (tertiary/aromatic N) is 1. The summed E-state index contributed by atoms with van der Waals surface area (Å²) in [5, 5.41) is 11.5.